The van der Waals surface area contributed by atoms with Crippen molar-refractivity contribution in [2.24, 2.45) is 5.41 Å². The van der Waals surface area contributed by atoms with Crippen LogP contribution in [-0.2, 0) is 0 Å². The van der Waals surface area contributed by atoms with Gasteiger partial charge in [0.2, 0.25) is 0 Å². The maximum absolute atomic E-state index is 4.19. The van der Waals surface area contributed by atoms with E-state index in [-0.39, 0.29) is 0 Å². The van der Waals surface area contributed by atoms with Gasteiger partial charge in [0, 0.05) is 18.4 Å². The third-order valence-electron chi connectivity index (χ3n) is 2.72. The van der Waals surface area contributed by atoms with E-state index in [1.807, 2.05) is 18.5 Å². The molecule has 0 spiro atoms. The van der Waals surface area contributed by atoms with Crippen LogP contribution in [0.5, 0.6) is 0 Å². The summed E-state index contributed by atoms with van der Waals surface area (Å²) >= 11 is 0. The van der Waals surface area contributed by atoms with Crippen LogP contribution >= 0.6 is 0 Å². The number of aromatic nitrogens is 1. The van der Waals surface area contributed by atoms with Crippen molar-refractivity contribution >= 4 is 0 Å². The molecule has 2 heteroatoms. The van der Waals surface area contributed by atoms with Crippen molar-refractivity contribution in [3.8, 4) is 0 Å². The van der Waals surface area contributed by atoms with Crippen LogP contribution in [0.25, 0.3) is 0 Å². The van der Waals surface area contributed by atoms with Gasteiger partial charge in [0.05, 0.1) is 0 Å². The molecule has 1 heterocycles. The quantitative estimate of drug-likeness (QED) is 0.820. The van der Waals surface area contributed by atoms with Crippen molar-refractivity contribution in [3.05, 3.63) is 30.1 Å². The second-order valence-electron chi connectivity index (χ2n) is 5.50. The smallest absolute Gasteiger partial charge is 0.0335 e. The molecule has 2 nitrogen and oxygen atoms in total. The predicted molar refractivity (Wildman–Crippen MR) is 69.3 cm³/mol. The minimum absolute atomic E-state index is 0.399. The van der Waals surface area contributed by atoms with E-state index < -0.39 is 0 Å². The molecule has 1 atom stereocenters. The van der Waals surface area contributed by atoms with Crippen LogP contribution in [0, 0.1) is 5.41 Å². The Labute approximate surface area is 99.5 Å². The molecule has 1 aromatic heterocycles. The summed E-state index contributed by atoms with van der Waals surface area (Å²) in [6, 6.07) is 4.61. The lowest BCUT2D eigenvalue weighted by atomic mass is 9.87. The fraction of sp³-hybridized carbons (Fsp3) is 0.643. The van der Waals surface area contributed by atoms with Gasteiger partial charge in [0.1, 0.15) is 0 Å². The zero-order valence-electron chi connectivity index (χ0n) is 11.0. The summed E-state index contributed by atoms with van der Waals surface area (Å²) < 4.78 is 0. The number of rotatable bonds is 5. The Morgan fingerprint density at radius 1 is 1.38 bits per heavy atom. The van der Waals surface area contributed by atoms with E-state index in [0.717, 1.165) is 6.54 Å². The van der Waals surface area contributed by atoms with E-state index in [4.69, 9.17) is 0 Å². The van der Waals surface area contributed by atoms with Gasteiger partial charge in [-0.3, -0.25) is 4.98 Å². The minimum Gasteiger partial charge on any atom is -0.310 e. The standard InChI is InChI=1S/C14H24N2/c1-5-16-13(8-9-14(2,3)4)12-7-6-10-15-11-12/h6-7,10-11,13,16H,5,8-9H2,1-4H3. The van der Waals surface area contributed by atoms with Crippen molar-refractivity contribution < 1.29 is 0 Å². The van der Waals surface area contributed by atoms with Crippen LogP contribution in [-0.4, -0.2) is 11.5 Å². The first-order valence-electron chi connectivity index (χ1n) is 6.16. The number of nitrogens with one attached hydrogen (secondary N) is 1. The third-order valence-corrected chi connectivity index (χ3v) is 2.72. The van der Waals surface area contributed by atoms with Gasteiger partial charge in [-0.2, -0.15) is 0 Å². The number of hydrogen-bond acceptors (Lipinski definition) is 2. The lowest BCUT2D eigenvalue weighted by molar-refractivity contribution is 0.333. The molecule has 0 saturated heterocycles. The van der Waals surface area contributed by atoms with Crippen molar-refractivity contribution in [3.63, 3.8) is 0 Å². The molecule has 0 aliphatic carbocycles. The van der Waals surface area contributed by atoms with Gasteiger partial charge >= 0.3 is 0 Å². The topological polar surface area (TPSA) is 24.9 Å². The molecule has 1 aromatic rings. The zero-order chi connectivity index (χ0) is 12.0. The monoisotopic (exact) mass is 220 g/mol. The summed E-state index contributed by atoms with van der Waals surface area (Å²) in [7, 11) is 0. The van der Waals surface area contributed by atoms with Gasteiger partial charge in [0.15, 0.2) is 0 Å². The van der Waals surface area contributed by atoms with Crippen LogP contribution in [0.3, 0.4) is 0 Å². The SMILES string of the molecule is CCNC(CCC(C)(C)C)c1cccnc1. The molecule has 0 aliphatic rings. The van der Waals surface area contributed by atoms with Gasteiger partial charge in [-0.1, -0.05) is 33.8 Å². The summed E-state index contributed by atoms with van der Waals surface area (Å²) in [5, 5.41) is 3.53. The summed E-state index contributed by atoms with van der Waals surface area (Å²) in [4.78, 5) is 4.19. The summed E-state index contributed by atoms with van der Waals surface area (Å²) in [6.07, 6.45) is 6.19. The molecule has 0 amide bonds. The highest BCUT2D eigenvalue weighted by Crippen LogP contribution is 2.26. The van der Waals surface area contributed by atoms with Gasteiger partial charge in [-0.15, -0.1) is 0 Å². The molecule has 1 rings (SSSR count). The fourth-order valence-corrected chi connectivity index (χ4v) is 1.79. The average molecular weight is 220 g/mol. The third kappa shape index (κ3) is 4.75. The molecule has 0 aromatic carbocycles. The molecular weight excluding hydrogens is 196 g/mol. The summed E-state index contributed by atoms with van der Waals surface area (Å²) in [5.41, 5.74) is 1.70. The van der Waals surface area contributed by atoms with Crippen LogP contribution in [0.15, 0.2) is 24.5 Å². The maximum atomic E-state index is 4.19. The van der Waals surface area contributed by atoms with Crippen molar-refractivity contribution in [1.82, 2.24) is 10.3 Å². The van der Waals surface area contributed by atoms with E-state index >= 15 is 0 Å². The second-order valence-corrected chi connectivity index (χ2v) is 5.50. The highest BCUT2D eigenvalue weighted by molar-refractivity contribution is 5.13. The van der Waals surface area contributed by atoms with E-state index in [2.05, 4.69) is 44.1 Å². The highest BCUT2D eigenvalue weighted by Gasteiger charge is 2.15. The predicted octanol–water partition coefficient (Wildman–Crippen LogP) is 3.56. The number of nitrogens with zero attached hydrogens (tertiary/aromatic N) is 1. The molecular formula is C14H24N2. The van der Waals surface area contributed by atoms with Crippen molar-refractivity contribution in [1.29, 1.82) is 0 Å². The Morgan fingerprint density at radius 2 is 2.12 bits per heavy atom. The summed E-state index contributed by atoms with van der Waals surface area (Å²) in [6.45, 7) is 10.0. The second kappa shape index (κ2) is 6.00. The Bertz CT molecular complexity index is 287. The van der Waals surface area contributed by atoms with Crippen molar-refractivity contribution in [2.75, 3.05) is 6.54 Å². The van der Waals surface area contributed by atoms with Crippen LogP contribution in [0.2, 0.25) is 0 Å². The molecule has 0 saturated carbocycles. The van der Waals surface area contributed by atoms with E-state index in [1.165, 1.54) is 18.4 Å². The molecule has 0 radical (unpaired) electrons. The van der Waals surface area contributed by atoms with Gasteiger partial charge in [-0.25, -0.2) is 0 Å². The number of pyridine rings is 1. The average Bonchev–Trinajstić information content (AvgIpc) is 2.24. The molecule has 1 N–H and O–H groups in total. The fourth-order valence-electron chi connectivity index (χ4n) is 1.79. The van der Waals surface area contributed by atoms with E-state index in [0.29, 0.717) is 11.5 Å². The Kier molecular flexibility index (Phi) is 4.94. The highest BCUT2D eigenvalue weighted by atomic mass is 14.9. The normalized spacial score (nSPS) is 13.8. The first kappa shape index (κ1) is 13.2. The molecule has 0 aliphatic heterocycles. The van der Waals surface area contributed by atoms with E-state index in [1.54, 1.807) is 0 Å². The summed E-state index contributed by atoms with van der Waals surface area (Å²) in [5.74, 6) is 0. The molecule has 1 unspecified atom stereocenters. The number of hydrogen-bond donors (Lipinski definition) is 1. The minimum atomic E-state index is 0.399. The van der Waals surface area contributed by atoms with Crippen LogP contribution in [0.1, 0.15) is 52.1 Å². The van der Waals surface area contributed by atoms with E-state index in [9.17, 15) is 0 Å². The molecule has 0 bridgehead atoms. The maximum Gasteiger partial charge on any atom is 0.0335 e. The molecule has 90 valence electrons. The molecule has 0 fully saturated rings. The van der Waals surface area contributed by atoms with Gasteiger partial charge in [0.25, 0.3) is 0 Å². The lowest BCUT2D eigenvalue weighted by Crippen LogP contribution is -2.22. The first-order chi connectivity index (χ1) is 7.53. The molecule has 16 heavy (non-hydrogen) atoms. The van der Waals surface area contributed by atoms with Crippen molar-refractivity contribution in [2.45, 2.75) is 46.6 Å². The lowest BCUT2D eigenvalue weighted by Gasteiger charge is -2.23. The first-order valence-corrected chi connectivity index (χ1v) is 6.16. The van der Waals surface area contributed by atoms with Gasteiger partial charge < -0.3 is 5.32 Å². The Hall–Kier alpha value is -0.890. The Morgan fingerprint density at radius 3 is 2.62 bits per heavy atom. The Balaban J connectivity index is 2.61. The van der Waals surface area contributed by atoms with Crippen LogP contribution in [0.4, 0.5) is 0 Å². The van der Waals surface area contributed by atoms with Gasteiger partial charge in [-0.05, 0) is 36.4 Å². The van der Waals surface area contributed by atoms with Crippen LogP contribution < -0.4 is 5.32 Å². The zero-order valence-corrected chi connectivity index (χ0v) is 11.0. The largest absolute Gasteiger partial charge is 0.310 e.